The van der Waals surface area contributed by atoms with Crippen LogP contribution in [0.25, 0.3) is 0 Å². The van der Waals surface area contributed by atoms with E-state index in [1.165, 1.54) is 31.8 Å². The van der Waals surface area contributed by atoms with Gasteiger partial charge in [0.05, 0.1) is 23.7 Å². The summed E-state index contributed by atoms with van der Waals surface area (Å²) in [6.45, 7) is 8.04. The largest absolute Gasteiger partial charge is 0.488 e. The molecule has 18 nitrogen and oxygen atoms in total. The van der Waals surface area contributed by atoms with Gasteiger partial charge in [0.15, 0.2) is 17.5 Å². The Morgan fingerprint density at radius 1 is 1.36 bits per heavy atom. The Labute approximate surface area is 264 Å². The summed E-state index contributed by atoms with van der Waals surface area (Å²) in [6.07, 6.45) is 3.53. The monoisotopic (exact) mass is 670 g/mol. The molecular formula is C25H38N10O8S2. The smallest absolute Gasteiger partial charge is 0.418 e. The quantitative estimate of drug-likeness (QED) is 0.0287. The number of aromatic nitrogens is 2. The van der Waals surface area contributed by atoms with E-state index in [0.717, 1.165) is 24.3 Å². The van der Waals surface area contributed by atoms with Gasteiger partial charge in [-0.2, -0.15) is 13.5 Å². The van der Waals surface area contributed by atoms with Crippen molar-refractivity contribution in [3.05, 3.63) is 29.4 Å². The van der Waals surface area contributed by atoms with Crippen LogP contribution in [0, 0.1) is 5.41 Å². The van der Waals surface area contributed by atoms with Gasteiger partial charge < -0.3 is 26.4 Å². The fourth-order valence-electron chi connectivity index (χ4n) is 4.22. The zero-order valence-electron chi connectivity index (χ0n) is 25.5. The van der Waals surface area contributed by atoms with E-state index in [4.69, 9.17) is 31.0 Å². The molecule has 3 rings (SSSR count). The van der Waals surface area contributed by atoms with Crippen molar-refractivity contribution in [3.63, 3.8) is 0 Å². The molecule has 7 N–H and O–H groups in total. The standard InChI is InChI=1S/C25H38N10O8S2/c1-24(2)20(22(37)35(24)43-45(38,39)40)31-21(36)19(17-14-44-23(28)30-17)32-42-12-11-41-16-7-8-18(29-13-16)34(15-27)25(3,4)33(5)10-6-9-26/h7-8,13-15,20,27H,6,9-12,26H2,1-5H3,(H2,28,30)(H,31,36)(H,38,39,40)/b27-15?,32-19-. The van der Waals surface area contributed by atoms with E-state index in [2.05, 4.69) is 29.6 Å². The van der Waals surface area contributed by atoms with Crippen LogP contribution in [0.4, 0.5) is 10.9 Å². The van der Waals surface area contributed by atoms with Crippen molar-refractivity contribution >= 4 is 56.5 Å². The van der Waals surface area contributed by atoms with Crippen LogP contribution in [0.2, 0.25) is 0 Å². The van der Waals surface area contributed by atoms with Gasteiger partial charge in [-0.1, -0.05) is 5.16 Å². The van der Waals surface area contributed by atoms with E-state index in [1.54, 1.807) is 17.0 Å². The lowest BCUT2D eigenvalue weighted by atomic mass is 9.84. The number of β-lactam (4-membered cyclic amide) rings is 1. The molecule has 1 aliphatic heterocycles. The first kappa shape index (κ1) is 35.5. The zero-order chi connectivity index (χ0) is 33.6. The number of rotatable bonds is 17. The lowest BCUT2D eigenvalue weighted by Gasteiger charge is -2.50. The molecule has 20 heteroatoms. The molecule has 1 aliphatic rings. The van der Waals surface area contributed by atoms with Crippen molar-refractivity contribution in [1.29, 1.82) is 5.41 Å². The molecule has 0 aliphatic carbocycles. The average Bonchev–Trinajstić information content (AvgIpc) is 3.40. The molecule has 0 radical (unpaired) electrons. The minimum atomic E-state index is -4.96. The number of hydrogen-bond acceptors (Lipinski definition) is 15. The minimum absolute atomic E-state index is 0.0241. The number of carbonyl (C=O) groups is 2. The van der Waals surface area contributed by atoms with Gasteiger partial charge in [-0.15, -0.1) is 15.6 Å². The van der Waals surface area contributed by atoms with Gasteiger partial charge in [-0.25, -0.2) is 9.97 Å². The summed E-state index contributed by atoms with van der Waals surface area (Å²) < 4.78 is 41.0. The summed E-state index contributed by atoms with van der Waals surface area (Å²) in [5, 5.41) is 16.3. The number of thiazole rings is 1. The topological polar surface area (TPSA) is 252 Å². The summed E-state index contributed by atoms with van der Waals surface area (Å²) in [7, 11) is -3.01. The first-order valence-corrected chi connectivity index (χ1v) is 15.8. The van der Waals surface area contributed by atoms with Crippen LogP contribution in [0.1, 0.15) is 39.8 Å². The molecule has 0 saturated carbocycles. The molecule has 0 aromatic carbocycles. The number of hydroxylamine groups is 2. The van der Waals surface area contributed by atoms with Crippen LogP contribution in [-0.4, -0.2) is 107 Å². The molecule has 45 heavy (non-hydrogen) atoms. The third-order valence-electron chi connectivity index (χ3n) is 7.02. The number of anilines is 2. The maximum atomic E-state index is 13.1. The molecule has 2 aromatic heterocycles. The minimum Gasteiger partial charge on any atom is -0.488 e. The first-order valence-electron chi connectivity index (χ1n) is 13.6. The normalized spacial score (nSPS) is 16.7. The van der Waals surface area contributed by atoms with E-state index < -0.39 is 39.5 Å². The number of nitrogens with two attached hydrogens (primary N) is 2. The zero-order valence-corrected chi connectivity index (χ0v) is 27.1. The SMILES string of the molecule is CN(CCCN)C(C)(C)N(C=N)c1ccc(OCCO/N=C(\C(=O)NC2C(=O)N(OS(=O)(=O)O)C2(C)C)c2csc(N)n2)cn1. The van der Waals surface area contributed by atoms with Crippen molar-refractivity contribution in [3.8, 4) is 5.75 Å². The van der Waals surface area contributed by atoms with Crippen LogP contribution in [0.3, 0.4) is 0 Å². The van der Waals surface area contributed by atoms with Gasteiger partial charge in [0.25, 0.3) is 11.8 Å². The molecule has 1 saturated heterocycles. The van der Waals surface area contributed by atoms with Gasteiger partial charge in [0.1, 0.15) is 29.9 Å². The van der Waals surface area contributed by atoms with E-state index >= 15 is 0 Å². The Morgan fingerprint density at radius 3 is 2.60 bits per heavy atom. The second kappa shape index (κ2) is 14.4. The Bertz CT molecular complexity index is 1500. The second-order valence-corrected chi connectivity index (χ2v) is 12.7. The number of nitrogen functional groups attached to an aromatic ring is 1. The van der Waals surface area contributed by atoms with Crippen LogP contribution >= 0.6 is 11.3 Å². The van der Waals surface area contributed by atoms with Crippen molar-refractivity contribution in [1.82, 2.24) is 25.2 Å². The molecule has 0 bridgehead atoms. The maximum Gasteiger partial charge on any atom is 0.418 e. The molecular weight excluding hydrogens is 632 g/mol. The molecule has 248 valence electrons. The van der Waals surface area contributed by atoms with Gasteiger partial charge in [-0.3, -0.25) is 29.4 Å². The van der Waals surface area contributed by atoms with Crippen molar-refractivity contribution in [2.75, 3.05) is 44.0 Å². The Hall–Kier alpha value is -3.95. The van der Waals surface area contributed by atoms with Crippen molar-refractivity contribution in [2.45, 2.75) is 51.4 Å². The Balaban J connectivity index is 1.61. The van der Waals surface area contributed by atoms with E-state index in [0.29, 0.717) is 23.2 Å². The highest BCUT2D eigenvalue weighted by molar-refractivity contribution is 7.80. The van der Waals surface area contributed by atoms with Crippen LogP contribution in [-0.2, 0) is 29.1 Å². The summed E-state index contributed by atoms with van der Waals surface area (Å²) in [5.41, 5.74) is 9.26. The Kier molecular flexibility index (Phi) is 11.4. The molecule has 1 atom stereocenters. The van der Waals surface area contributed by atoms with Crippen LogP contribution in [0.5, 0.6) is 5.75 Å². The van der Waals surface area contributed by atoms with Crippen molar-refractivity contribution in [2.24, 2.45) is 10.9 Å². The molecule has 1 fully saturated rings. The molecule has 2 aromatic rings. The third kappa shape index (κ3) is 8.61. The number of oxime groups is 1. The van der Waals surface area contributed by atoms with E-state index in [9.17, 15) is 18.0 Å². The van der Waals surface area contributed by atoms with Crippen LogP contribution < -0.4 is 26.4 Å². The summed E-state index contributed by atoms with van der Waals surface area (Å²) in [4.78, 5) is 43.1. The highest BCUT2D eigenvalue weighted by Crippen LogP contribution is 2.33. The number of nitrogens with zero attached hydrogens (tertiary/aromatic N) is 6. The number of nitrogens with one attached hydrogen (secondary N) is 2. The van der Waals surface area contributed by atoms with Gasteiger partial charge >= 0.3 is 10.4 Å². The summed E-state index contributed by atoms with van der Waals surface area (Å²) >= 11 is 1.05. The third-order valence-corrected chi connectivity index (χ3v) is 8.03. The Morgan fingerprint density at radius 2 is 2.07 bits per heavy atom. The number of carbonyl (C=O) groups excluding carboxylic acids is 2. The number of amides is 2. The number of pyridine rings is 1. The molecule has 0 spiro atoms. The second-order valence-electron chi connectivity index (χ2n) is 10.8. The lowest BCUT2D eigenvalue weighted by molar-refractivity contribution is -0.218. The first-order chi connectivity index (χ1) is 21.0. The van der Waals surface area contributed by atoms with Gasteiger partial charge in [0.2, 0.25) is 0 Å². The summed E-state index contributed by atoms with van der Waals surface area (Å²) in [6, 6.07) is 2.20. The van der Waals surface area contributed by atoms with E-state index in [-0.39, 0.29) is 29.8 Å². The molecule has 2 amide bonds. The van der Waals surface area contributed by atoms with E-state index in [1.807, 2.05) is 20.9 Å². The van der Waals surface area contributed by atoms with Crippen molar-refractivity contribution < 1.29 is 36.4 Å². The summed E-state index contributed by atoms with van der Waals surface area (Å²) in [5.74, 6) is -0.797. The molecule has 3 heterocycles. The predicted molar refractivity (Wildman–Crippen MR) is 166 cm³/mol. The fourth-order valence-corrected chi connectivity index (χ4v) is 5.22. The van der Waals surface area contributed by atoms with Crippen LogP contribution in [0.15, 0.2) is 28.9 Å². The maximum absolute atomic E-state index is 13.1. The highest BCUT2D eigenvalue weighted by Gasteiger charge is 2.58. The number of ether oxygens (including phenoxy) is 1. The number of hydrogen-bond donors (Lipinski definition) is 5. The highest BCUT2D eigenvalue weighted by atomic mass is 32.3. The average molecular weight is 671 g/mol. The lowest BCUT2D eigenvalue weighted by Crippen LogP contribution is -2.76. The van der Waals surface area contributed by atoms with Gasteiger partial charge in [-0.05, 0) is 59.8 Å². The predicted octanol–water partition coefficient (Wildman–Crippen LogP) is 0.190. The molecule has 1 unspecified atom stereocenters. The van der Waals surface area contributed by atoms with Gasteiger partial charge in [0, 0.05) is 11.9 Å². The fraction of sp³-hybridized carbons (Fsp3) is 0.520.